The molecule has 0 aliphatic rings. The third kappa shape index (κ3) is 4.73. The van der Waals surface area contributed by atoms with Gasteiger partial charge in [-0.05, 0) is 31.2 Å². The summed E-state index contributed by atoms with van der Waals surface area (Å²) in [5.41, 5.74) is 0.655. The van der Waals surface area contributed by atoms with Crippen molar-refractivity contribution >= 4 is 58.2 Å². The lowest BCUT2D eigenvalue weighted by atomic mass is 10.2. The molecule has 27 heavy (non-hydrogen) atoms. The van der Waals surface area contributed by atoms with Gasteiger partial charge in [0.1, 0.15) is 5.82 Å². The van der Waals surface area contributed by atoms with Crippen LogP contribution in [0.5, 0.6) is 0 Å². The molecule has 0 radical (unpaired) electrons. The highest BCUT2D eigenvalue weighted by Gasteiger charge is 2.19. The first-order chi connectivity index (χ1) is 12.8. The summed E-state index contributed by atoms with van der Waals surface area (Å²) >= 11 is 19.0. The third-order valence-electron chi connectivity index (χ3n) is 3.51. The molecule has 140 valence electrons. The number of thioether (sulfide) groups is 1. The van der Waals surface area contributed by atoms with Crippen molar-refractivity contribution in [3.05, 3.63) is 57.3 Å². The van der Waals surface area contributed by atoms with E-state index in [0.29, 0.717) is 21.4 Å². The molecule has 2 N–H and O–H groups in total. The van der Waals surface area contributed by atoms with Crippen LogP contribution in [0.4, 0.5) is 10.1 Å². The van der Waals surface area contributed by atoms with E-state index >= 15 is 0 Å². The average molecular weight is 446 g/mol. The minimum Gasteiger partial charge on any atom is -0.324 e. The van der Waals surface area contributed by atoms with Crippen molar-refractivity contribution in [2.45, 2.75) is 17.3 Å². The van der Waals surface area contributed by atoms with Crippen molar-refractivity contribution in [3.8, 4) is 11.4 Å². The smallest absolute Gasteiger partial charge is 0.237 e. The predicted octanol–water partition coefficient (Wildman–Crippen LogP) is 5.69. The quantitative estimate of drug-likeness (QED) is 0.391. The second kappa shape index (κ2) is 8.48. The molecule has 3 aromatic rings. The van der Waals surface area contributed by atoms with Crippen molar-refractivity contribution < 1.29 is 9.18 Å². The van der Waals surface area contributed by atoms with Crippen molar-refractivity contribution in [1.29, 1.82) is 0 Å². The number of H-pyrrole nitrogens is 1. The van der Waals surface area contributed by atoms with Gasteiger partial charge in [0.2, 0.25) is 11.1 Å². The SMILES string of the molecule is CC(Sc1n[nH]c(-c2ccccc2F)n1)C(=O)Nc1cc(Cl)c(Cl)cc1Cl. The Morgan fingerprint density at radius 1 is 1.19 bits per heavy atom. The number of benzene rings is 2. The Labute approximate surface area is 173 Å². The molecule has 5 nitrogen and oxygen atoms in total. The standard InChI is InChI=1S/C17H12Cl3FN4OS/c1-8(16(26)22-14-7-11(19)10(18)6-12(14)20)27-17-23-15(24-25-17)9-4-2-3-5-13(9)21/h2-8H,1H3,(H,22,26)(H,23,24,25). The number of carbonyl (C=O) groups is 1. The molecule has 0 spiro atoms. The number of rotatable bonds is 5. The van der Waals surface area contributed by atoms with Gasteiger partial charge in [-0.1, -0.05) is 58.7 Å². The predicted molar refractivity (Wildman–Crippen MR) is 107 cm³/mol. The number of aromatic amines is 1. The largest absolute Gasteiger partial charge is 0.324 e. The fourth-order valence-electron chi connectivity index (χ4n) is 2.14. The van der Waals surface area contributed by atoms with E-state index in [1.165, 1.54) is 18.2 Å². The molecule has 0 saturated carbocycles. The molecule has 0 fully saturated rings. The Bertz CT molecular complexity index is 998. The van der Waals surface area contributed by atoms with Crippen LogP contribution in [-0.2, 0) is 4.79 Å². The van der Waals surface area contributed by atoms with Gasteiger partial charge in [-0.15, -0.1) is 5.10 Å². The zero-order chi connectivity index (χ0) is 19.6. The minimum absolute atomic E-state index is 0.273. The maximum absolute atomic E-state index is 13.8. The summed E-state index contributed by atoms with van der Waals surface area (Å²) in [6, 6.07) is 9.14. The number of aromatic nitrogens is 3. The topological polar surface area (TPSA) is 70.7 Å². The monoisotopic (exact) mass is 444 g/mol. The van der Waals surface area contributed by atoms with Crippen molar-refractivity contribution in [2.24, 2.45) is 0 Å². The van der Waals surface area contributed by atoms with Gasteiger partial charge in [0.25, 0.3) is 0 Å². The summed E-state index contributed by atoms with van der Waals surface area (Å²) in [6.45, 7) is 1.69. The van der Waals surface area contributed by atoms with E-state index in [-0.39, 0.29) is 21.8 Å². The number of halogens is 4. The first-order valence-corrected chi connectivity index (χ1v) is 9.66. The molecule has 1 amide bonds. The molecule has 10 heteroatoms. The van der Waals surface area contributed by atoms with Gasteiger partial charge in [-0.25, -0.2) is 9.37 Å². The van der Waals surface area contributed by atoms with E-state index in [0.717, 1.165) is 11.8 Å². The minimum atomic E-state index is -0.542. The zero-order valence-corrected chi connectivity index (χ0v) is 16.8. The lowest BCUT2D eigenvalue weighted by molar-refractivity contribution is -0.115. The first kappa shape index (κ1) is 19.9. The van der Waals surface area contributed by atoms with Crippen molar-refractivity contribution in [3.63, 3.8) is 0 Å². The van der Waals surface area contributed by atoms with Crippen LogP contribution in [0.3, 0.4) is 0 Å². The molecule has 3 rings (SSSR count). The van der Waals surface area contributed by atoms with Crippen LogP contribution in [0.1, 0.15) is 6.92 Å². The Hall–Kier alpha value is -1.80. The summed E-state index contributed by atoms with van der Waals surface area (Å²) in [5.74, 6) is -0.446. The second-order valence-electron chi connectivity index (χ2n) is 5.44. The Kier molecular flexibility index (Phi) is 6.26. The Balaban J connectivity index is 1.69. The Morgan fingerprint density at radius 3 is 2.63 bits per heavy atom. The number of nitrogens with one attached hydrogen (secondary N) is 2. The maximum Gasteiger partial charge on any atom is 0.237 e. The van der Waals surface area contributed by atoms with Crippen molar-refractivity contribution in [1.82, 2.24) is 15.2 Å². The summed E-state index contributed by atoms with van der Waals surface area (Å²) in [4.78, 5) is 16.6. The van der Waals surface area contributed by atoms with Crippen LogP contribution in [0.15, 0.2) is 41.6 Å². The van der Waals surface area contributed by atoms with Gasteiger partial charge in [0.15, 0.2) is 5.82 Å². The van der Waals surface area contributed by atoms with E-state index in [9.17, 15) is 9.18 Å². The normalized spacial score (nSPS) is 12.0. The van der Waals surface area contributed by atoms with Gasteiger partial charge < -0.3 is 5.32 Å². The van der Waals surface area contributed by atoms with Gasteiger partial charge in [-0.2, -0.15) is 0 Å². The molecule has 0 bridgehead atoms. The molecule has 1 unspecified atom stereocenters. The van der Waals surface area contributed by atoms with E-state index in [1.807, 2.05) is 0 Å². The van der Waals surface area contributed by atoms with Gasteiger partial charge in [0.05, 0.1) is 31.6 Å². The van der Waals surface area contributed by atoms with Crippen molar-refractivity contribution in [2.75, 3.05) is 5.32 Å². The van der Waals surface area contributed by atoms with Gasteiger partial charge in [-0.3, -0.25) is 9.89 Å². The number of nitrogens with zero attached hydrogens (tertiary/aromatic N) is 2. The number of amides is 1. The van der Waals surface area contributed by atoms with E-state index in [4.69, 9.17) is 34.8 Å². The molecule has 0 aliphatic carbocycles. The molecule has 0 aliphatic heterocycles. The highest BCUT2D eigenvalue weighted by molar-refractivity contribution is 8.00. The van der Waals surface area contributed by atoms with Crippen LogP contribution in [0, 0.1) is 5.82 Å². The summed E-state index contributed by atoms with van der Waals surface area (Å²) in [5, 5.41) is 10.00. The van der Waals surface area contributed by atoms with Crippen LogP contribution in [0.25, 0.3) is 11.4 Å². The number of anilines is 1. The fourth-order valence-corrected chi connectivity index (χ4v) is 3.46. The van der Waals surface area contributed by atoms with Gasteiger partial charge in [0, 0.05) is 0 Å². The van der Waals surface area contributed by atoms with E-state index in [2.05, 4.69) is 20.5 Å². The zero-order valence-electron chi connectivity index (χ0n) is 13.8. The molecule has 0 saturated heterocycles. The number of hydrogen-bond donors (Lipinski definition) is 2. The lowest BCUT2D eigenvalue weighted by Gasteiger charge is -2.12. The Morgan fingerprint density at radius 2 is 1.89 bits per heavy atom. The fraction of sp³-hybridized carbons (Fsp3) is 0.118. The van der Waals surface area contributed by atoms with Crippen LogP contribution in [0.2, 0.25) is 15.1 Å². The molecular weight excluding hydrogens is 434 g/mol. The highest BCUT2D eigenvalue weighted by atomic mass is 35.5. The summed E-state index contributed by atoms with van der Waals surface area (Å²) in [7, 11) is 0. The molecule has 1 heterocycles. The number of hydrogen-bond acceptors (Lipinski definition) is 4. The number of carbonyl (C=O) groups excluding carboxylic acids is 1. The summed E-state index contributed by atoms with van der Waals surface area (Å²) < 4.78 is 13.8. The first-order valence-electron chi connectivity index (χ1n) is 7.64. The van der Waals surface area contributed by atoms with Crippen LogP contribution < -0.4 is 5.32 Å². The maximum atomic E-state index is 13.8. The molecular formula is C17H12Cl3FN4OS. The molecule has 1 aromatic heterocycles. The third-order valence-corrected chi connectivity index (χ3v) is 5.51. The van der Waals surface area contributed by atoms with Gasteiger partial charge >= 0.3 is 0 Å². The summed E-state index contributed by atoms with van der Waals surface area (Å²) in [6.07, 6.45) is 0. The lowest BCUT2D eigenvalue weighted by Crippen LogP contribution is -2.22. The average Bonchev–Trinajstić information content (AvgIpc) is 3.08. The second-order valence-corrected chi connectivity index (χ2v) is 7.97. The van der Waals surface area contributed by atoms with Crippen LogP contribution in [-0.4, -0.2) is 26.3 Å². The molecule has 1 atom stereocenters. The highest BCUT2D eigenvalue weighted by Crippen LogP contribution is 2.33. The van der Waals surface area contributed by atoms with E-state index < -0.39 is 11.1 Å². The van der Waals surface area contributed by atoms with E-state index in [1.54, 1.807) is 25.1 Å². The van der Waals surface area contributed by atoms with Crippen LogP contribution >= 0.6 is 46.6 Å². The molecule has 2 aromatic carbocycles.